The summed E-state index contributed by atoms with van der Waals surface area (Å²) in [7, 11) is 0. The number of para-hydroxylation sites is 1. The van der Waals surface area contributed by atoms with Crippen LogP contribution in [0.25, 0.3) is 11.3 Å². The van der Waals surface area contributed by atoms with Gasteiger partial charge in [0.15, 0.2) is 5.76 Å². The monoisotopic (exact) mass is 195 g/mol. The van der Waals surface area contributed by atoms with Gasteiger partial charge in [0, 0.05) is 6.07 Å². The Hall–Kier alpha value is -1.48. The van der Waals surface area contributed by atoms with E-state index in [2.05, 4.69) is 5.16 Å². The summed E-state index contributed by atoms with van der Waals surface area (Å²) in [6.45, 7) is 0. The zero-order valence-electron chi connectivity index (χ0n) is 6.57. The Morgan fingerprint density at radius 1 is 1.31 bits per heavy atom. The molecule has 1 N–H and O–H groups in total. The molecule has 13 heavy (non-hydrogen) atoms. The summed E-state index contributed by atoms with van der Waals surface area (Å²) >= 11 is 5.72. The molecule has 2 rings (SSSR count). The molecule has 0 saturated heterocycles. The highest BCUT2D eigenvalue weighted by molar-refractivity contribution is 6.32. The third-order valence-corrected chi connectivity index (χ3v) is 2.00. The van der Waals surface area contributed by atoms with E-state index in [-0.39, 0.29) is 5.75 Å². The van der Waals surface area contributed by atoms with Crippen molar-refractivity contribution in [2.24, 2.45) is 0 Å². The fraction of sp³-hybridized carbons (Fsp3) is 0. The first kappa shape index (κ1) is 8.13. The number of aromatic nitrogens is 1. The summed E-state index contributed by atoms with van der Waals surface area (Å²) in [5.41, 5.74) is 0.546. The predicted octanol–water partition coefficient (Wildman–Crippen LogP) is 2.70. The van der Waals surface area contributed by atoms with Gasteiger partial charge in [0.2, 0.25) is 0 Å². The molecule has 0 atom stereocenters. The Bertz CT molecular complexity index is 412. The molecule has 2 aromatic rings. The van der Waals surface area contributed by atoms with Gasteiger partial charge in [-0.15, -0.1) is 0 Å². The standard InChI is InChI=1S/C9H6ClNO2/c10-7-3-1-2-6(9(7)12)8-4-5-11-13-8/h1-5,12H. The molecule has 1 aromatic carbocycles. The molecular weight excluding hydrogens is 190 g/mol. The van der Waals surface area contributed by atoms with E-state index in [1.807, 2.05) is 0 Å². The molecule has 0 bridgehead atoms. The third-order valence-electron chi connectivity index (χ3n) is 1.69. The lowest BCUT2D eigenvalue weighted by Crippen LogP contribution is -1.76. The minimum atomic E-state index is 0.0147. The molecule has 0 fully saturated rings. The van der Waals surface area contributed by atoms with Gasteiger partial charge in [-0.05, 0) is 12.1 Å². The Balaban J connectivity index is 2.59. The molecule has 0 aliphatic carbocycles. The van der Waals surface area contributed by atoms with E-state index in [1.54, 1.807) is 24.3 Å². The number of phenolic OH excluding ortho intramolecular Hbond substituents is 1. The van der Waals surface area contributed by atoms with Gasteiger partial charge in [-0.2, -0.15) is 0 Å². The Morgan fingerprint density at radius 3 is 2.85 bits per heavy atom. The summed E-state index contributed by atoms with van der Waals surface area (Å²) in [6.07, 6.45) is 1.51. The summed E-state index contributed by atoms with van der Waals surface area (Å²) in [5.74, 6) is 0.515. The van der Waals surface area contributed by atoms with Gasteiger partial charge in [0.05, 0.1) is 16.8 Å². The molecule has 66 valence electrons. The highest BCUT2D eigenvalue weighted by atomic mass is 35.5. The third kappa shape index (κ3) is 1.38. The molecule has 1 heterocycles. The average Bonchev–Trinajstić information content (AvgIpc) is 2.62. The number of hydrogen-bond donors (Lipinski definition) is 1. The van der Waals surface area contributed by atoms with E-state index in [0.29, 0.717) is 16.3 Å². The van der Waals surface area contributed by atoms with E-state index >= 15 is 0 Å². The van der Waals surface area contributed by atoms with Crippen LogP contribution >= 0.6 is 11.6 Å². The summed E-state index contributed by atoms with van der Waals surface area (Å²) in [6, 6.07) is 6.71. The van der Waals surface area contributed by atoms with Gasteiger partial charge in [0.25, 0.3) is 0 Å². The van der Waals surface area contributed by atoms with Crippen molar-refractivity contribution in [3.63, 3.8) is 0 Å². The zero-order chi connectivity index (χ0) is 9.26. The fourth-order valence-corrected chi connectivity index (χ4v) is 1.24. The van der Waals surface area contributed by atoms with E-state index in [9.17, 15) is 5.11 Å². The summed E-state index contributed by atoms with van der Waals surface area (Å²) in [4.78, 5) is 0. The Labute approximate surface area is 79.6 Å². The van der Waals surface area contributed by atoms with Crippen LogP contribution in [0, 0.1) is 0 Å². The fourth-order valence-electron chi connectivity index (χ4n) is 1.07. The largest absolute Gasteiger partial charge is 0.506 e. The van der Waals surface area contributed by atoms with Crippen molar-refractivity contribution in [2.45, 2.75) is 0 Å². The zero-order valence-corrected chi connectivity index (χ0v) is 7.32. The first-order chi connectivity index (χ1) is 6.29. The molecule has 3 nitrogen and oxygen atoms in total. The van der Waals surface area contributed by atoms with Crippen molar-refractivity contribution in [1.82, 2.24) is 5.16 Å². The normalized spacial score (nSPS) is 10.2. The molecule has 0 spiro atoms. The SMILES string of the molecule is Oc1c(Cl)cccc1-c1ccno1. The summed E-state index contributed by atoms with van der Waals surface area (Å²) in [5, 5.41) is 13.4. The van der Waals surface area contributed by atoms with Gasteiger partial charge < -0.3 is 9.63 Å². The van der Waals surface area contributed by atoms with Crippen molar-refractivity contribution in [3.8, 4) is 17.1 Å². The number of aromatic hydroxyl groups is 1. The van der Waals surface area contributed by atoms with Crippen molar-refractivity contribution in [3.05, 3.63) is 35.5 Å². The molecule has 0 aliphatic rings. The quantitative estimate of drug-likeness (QED) is 0.761. The number of phenols is 1. The lowest BCUT2D eigenvalue weighted by atomic mass is 10.1. The highest BCUT2D eigenvalue weighted by Gasteiger charge is 2.09. The van der Waals surface area contributed by atoms with Crippen LogP contribution in [0.2, 0.25) is 5.02 Å². The second kappa shape index (κ2) is 3.11. The minimum Gasteiger partial charge on any atom is -0.506 e. The molecule has 0 unspecified atom stereocenters. The van der Waals surface area contributed by atoms with Crippen LogP contribution in [0.4, 0.5) is 0 Å². The van der Waals surface area contributed by atoms with Crippen molar-refractivity contribution >= 4 is 11.6 Å². The van der Waals surface area contributed by atoms with Crippen LogP contribution in [-0.4, -0.2) is 10.3 Å². The topological polar surface area (TPSA) is 46.3 Å². The van der Waals surface area contributed by atoms with Crippen LogP contribution in [0.1, 0.15) is 0 Å². The maximum Gasteiger partial charge on any atom is 0.170 e. The Kier molecular flexibility index (Phi) is 1.94. The molecule has 0 saturated carbocycles. The molecule has 1 aromatic heterocycles. The molecule has 0 amide bonds. The predicted molar refractivity (Wildman–Crippen MR) is 48.6 cm³/mol. The first-order valence-corrected chi connectivity index (χ1v) is 4.05. The molecule has 0 aliphatic heterocycles. The van der Waals surface area contributed by atoms with E-state index in [4.69, 9.17) is 16.1 Å². The van der Waals surface area contributed by atoms with Gasteiger partial charge in [-0.25, -0.2) is 0 Å². The number of nitrogens with zero attached hydrogens (tertiary/aromatic N) is 1. The number of halogens is 1. The maximum atomic E-state index is 9.55. The van der Waals surface area contributed by atoms with Crippen LogP contribution in [-0.2, 0) is 0 Å². The van der Waals surface area contributed by atoms with Crippen molar-refractivity contribution in [1.29, 1.82) is 0 Å². The van der Waals surface area contributed by atoms with E-state index in [1.165, 1.54) is 6.20 Å². The molecule has 4 heteroatoms. The minimum absolute atomic E-state index is 0.0147. The maximum absolute atomic E-state index is 9.55. The van der Waals surface area contributed by atoms with Gasteiger partial charge in [0.1, 0.15) is 5.75 Å². The Morgan fingerprint density at radius 2 is 2.15 bits per heavy atom. The van der Waals surface area contributed by atoms with Gasteiger partial charge >= 0.3 is 0 Å². The van der Waals surface area contributed by atoms with E-state index in [0.717, 1.165) is 0 Å². The van der Waals surface area contributed by atoms with Gasteiger partial charge in [-0.1, -0.05) is 22.8 Å². The van der Waals surface area contributed by atoms with Gasteiger partial charge in [-0.3, -0.25) is 0 Å². The number of benzene rings is 1. The van der Waals surface area contributed by atoms with Crippen molar-refractivity contribution in [2.75, 3.05) is 0 Å². The first-order valence-electron chi connectivity index (χ1n) is 3.67. The number of rotatable bonds is 1. The smallest absolute Gasteiger partial charge is 0.170 e. The summed E-state index contributed by atoms with van der Waals surface area (Å²) < 4.78 is 4.89. The lowest BCUT2D eigenvalue weighted by molar-refractivity contribution is 0.426. The number of hydrogen-bond acceptors (Lipinski definition) is 3. The highest BCUT2D eigenvalue weighted by Crippen LogP contribution is 2.34. The molecule has 0 radical (unpaired) electrons. The second-order valence-corrected chi connectivity index (χ2v) is 2.92. The second-order valence-electron chi connectivity index (χ2n) is 2.51. The van der Waals surface area contributed by atoms with Crippen molar-refractivity contribution < 1.29 is 9.63 Å². The van der Waals surface area contributed by atoms with Crippen LogP contribution in [0.5, 0.6) is 5.75 Å². The van der Waals surface area contributed by atoms with E-state index < -0.39 is 0 Å². The van der Waals surface area contributed by atoms with Crippen LogP contribution in [0.15, 0.2) is 35.0 Å². The molecular formula is C9H6ClNO2. The average molecular weight is 196 g/mol. The van der Waals surface area contributed by atoms with Crippen LogP contribution in [0.3, 0.4) is 0 Å². The lowest BCUT2D eigenvalue weighted by Gasteiger charge is -2.00. The van der Waals surface area contributed by atoms with Crippen LogP contribution < -0.4 is 0 Å².